The molecule has 0 saturated heterocycles. The second-order valence-electron chi connectivity index (χ2n) is 8.73. The highest BCUT2D eigenvalue weighted by Crippen LogP contribution is 2.28. The van der Waals surface area contributed by atoms with Gasteiger partial charge in [0.05, 0.1) is 34.2 Å². The Morgan fingerprint density at radius 2 is 1.82 bits per heavy atom. The molecule has 1 amide bonds. The van der Waals surface area contributed by atoms with Crippen LogP contribution in [0, 0.1) is 12.3 Å². The van der Waals surface area contributed by atoms with Crippen molar-refractivity contribution in [2.45, 2.75) is 27.7 Å². The predicted octanol–water partition coefficient (Wildman–Crippen LogP) is 4.82. The maximum Gasteiger partial charge on any atom is 0.340 e. The number of carbonyl (C=O) groups is 3. The average Bonchev–Trinajstić information content (AvgIpc) is 3.47. The van der Waals surface area contributed by atoms with Crippen molar-refractivity contribution in [2.75, 3.05) is 11.9 Å². The molecule has 0 saturated carbocycles. The molecule has 3 heterocycles. The fourth-order valence-electron chi connectivity index (χ4n) is 3.21. The standard InChI is InChI=1S/C25H23N3O6/c1-14-21-16(12-18(19-10-7-11-32-19)27-23(21)34-28-14)22(30)26-17-9-6-5-8-15(17)24(31)33-13-20(29)25(2,3)4/h5-12H,13H2,1-4H3,(H,26,30). The number of Topliss-reactive ketones (excluding diaryl/α,β-unsaturated/α-hetero) is 1. The maximum atomic E-state index is 13.3. The molecule has 1 aromatic carbocycles. The summed E-state index contributed by atoms with van der Waals surface area (Å²) < 4.78 is 15.9. The number of aromatic nitrogens is 2. The molecule has 0 atom stereocenters. The average molecular weight is 461 g/mol. The molecular weight excluding hydrogens is 438 g/mol. The number of fused-ring (bicyclic) bond motifs is 1. The topological polar surface area (TPSA) is 125 Å². The van der Waals surface area contributed by atoms with Gasteiger partial charge in [0.1, 0.15) is 5.69 Å². The van der Waals surface area contributed by atoms with E-state index in [0.717, 1.165) is 0 Å². The molecule has 9 heteroatoms. The fourth-order valence-corrected chi connectivity index (χ4v) is 3.21. The van der Waals surface area contributed by atoms with E-state index >= 15 is 0 Å². The van der Waals surface area contributed by atoms with Crippen LogP contribution in [-0.4, -0.2) is 34.4 Å². The number of carbonyl (C=O) groups excluding carboxylic acids is 3. The molecule has 0 spiro atoms. The van der Waals surface area contributed by atoms with Gasteiger partial charge in [-0.1, -0.05) is 38.1 Å². The van der Waals surface area contributed by atoms with Gasteiger partial charge >= 0.3 is 5.97 Å². The number of ether oxygens (including phenoxy) is 1. The molecule has 34 heavy (non-hydrogen) atoms. The van der Waals surface area contributed by atoms with Crippen LogP contribution in [0.2, 0.25) is 0 Å². The van der Waals surface area contributed by atoms with Gasteiger partial charge in [-0.3, -0.25) is 9.59 Å². The lowest BCUT2D eigenvalue weighted by Crippen LogP contribution is -2.26. The summed E-state index contributed by atoms with van der Waals surface area (Å²) in [6.07, 6.45) is 1.50. The van der Waals surface area contributed by atoms with Crippen LogP contribution in [0.1, 0.15) is 47.2 Å². The number of benzene rings is 1. The van der Waals surface area contributed by atoms with Crippen molar-refractivity contribution in [3.8, 4) is 11.5 Å². The van der Waals surface area contributed by atoms with E-state index in [1.807, 2.05) is 0 Å². The number of hydrogen-bond donors (Lipinski definition) is 1. The maximum absolute atomic E-state index is 13.3. The van der Waals surface area contributed by atoms with Crippen LogP contribution in [0.15, 0.2) is 57.7 Å². The first-order chi connectivity index (χ1) is 16.1. The number of amides is 1. The Kier molecular flexibility index (Phi) is 6.02. The molecule has 0 radical (unpaired) electrons. The summed E-state index contributed by atoms with van der Waals surface area (Å²) in [6.45, 7) is 6.58. The van der Waals surface area contributed by atoms with Crippen LogP contribution >= 0.6 is 0 Å². The second kappa shape index (κ2) is 8.93. The van der Waals surface area contributed by atoms with Gasteiger partial charge in [-0.05, 0) is 37.3 Å². The molecule has 0 aliphatic carbocycles. The van der Waals surface area contributed by atoms with Gasteiger partial charge in [-0.2, -0.15) is 0 Å². The molecule has 9 nitrogen and oxygen atoms in total. The van der Waals surface area contributed by atoms with Gasteiger partial charge in [0.15, 0.2) is 18.2 Å². The number of esters is 1. The number of para-hydroxylation sites is 1. The Morgan fingerprint density at radius 3 is 2.53 bits per heavy atom. The fraction of sp³-hybridized carbons (Fsp3) is 0.240. The number of nitrogens with zero attached hydrogens (tertiary/aromatic N) is 2. The van der Waals surface area contributed by atoms with Gasteiger partial charge in [0, 0.05) is 5.41 Å². The van der Waals surface area contributed by atoms with Crippen molar-refractivity contribution in [1.82, 2.24) is 10.1 Å². The first kappa shape index (κ1) is 22.9. The lowest BCUT2D eigenvalue weighted by Gasteiger charge is -2.17. The third-order valence-electron chi connectivity index (χ3n) is 5.20. The first-order valence-corrected chi connectivity index (χ1v) is 10.6. The van der Waals surface area contributed by atoms with E-state index in [4.69, 9.17) is 13.7 Å². The molecule has 1 N–H and O–H groups in total. The van der Waals surface area contributed by atoms with Crippen molar-refractivity contribution in [3.63, 3.8) is 0 Å². The number of rotatable bonds is 6. The minimum atomic E-state index is -0.717. The molecular formula is C25H23N3O6. The van der Waals surface area contributed by atoms with E-state index in [1.165, 1.54) is 12.3 Å². The number of anilines is 1. The van der Waals surface area contributed by atoms with Gasteiger partial charge < -0.3 is 19.0 Å². The van der Waals surface area contributed by atoms with Crippen molar-refractivity contribution in [3.05, 3.63) is 65.5 Å². The number of nitrogens with one attached hydrogen (secondary N) is 1. The number of aryl methyl sites for hydroxylation is 1. The van der Waals surface area contributed by atoms with Gasteiger partial charge in [-0.25, -0.2) is 9.78 Å². The van der Waals surface area contributed by atoms with Gasteiger partial charge in [0.2, 0.25) is 0 Å². The third kappa shape index (κ3) is 4.59. The van der Waals surface area contributed by atoms with E-state index in [2.05, 4.69) is 15.5 Å². The van der Waals surface area contributed by atoms with E-state index in [0.29, 0.717) is 22.5 Å². The van der Waals surface area contributed by atoms with Crippen LogP contribution in [0.25, 0.3) is 22.6 Å². The lowest BCUT2D eigenvalue weighted by molar-refractivity contribution is -0.129. The van der Waals surface area contributed by atoms with E-state index in [-0.39, 0.29) is 34.9 Å². The summed E-state index contributed by atoms with van der Waals surface area (Å²) in [7, 11) is 0. The third-order valence-corrected chi connectivity index (χ3v) is 5.20. The van der Waals surface area contributed by atoms with Gasteiger partial charge in [-0.15, -0.1) is 0 Å². The zero-order chi connectivity index (χ0) is 24.5. The Bertz CT molecular complexity index is 1380. The SMILES string of the molecule is Cc1noc2nc(-c3ccco3)cc(C(=O)Nc3ccccc3C(=O)OCC(=O)C(C)(C)C)c12. The number of hydrogen-bond acceptors (Lipinski definition) is 8. The molecule has 0 bridgehead atoms. The highest BCUT2D eigenvalue weighted by atomic mass is 16.5. The zero-order valence-corrected chi connectivity index (χ0v) is 19.2. The van der Waals surface area contributed by atoms with Crippen LogP contribution < -0.4 is 5.32 Å². The van der Waals surface area contributed by atoms with Crippen LogP contribution in [0.5, 0.6) is 0 Å². The monoisotopic (exact) mass is 461 g/mol. The molecule has 0 fully saturated rings. The molecule has 0 aliphatic heterocycles. The Balaban J connectivity index is 1.64. The Hall–Kier alpha value is -4.27. The van der Waals surface area contributed by atoms with Crippen LogP contribution in [-0.2, 0) is 9.53 Å². The van der Waals surface area contributed by atoms with Crippen LogP contribution in [0.4, 0.5) is 5.69 Å². The highest BCUT2D eigenvalue weighted by molar-refractivity contribution is 6.14. The first-order valence-electron chi connectivity index (χ1n) is 10.6. The van der Waals surface area contributed by atoms with Crippen LogP contribution in [0.3, 0.4) is 0 Å². The van der Waals surface area contributed by atoms with E-state index < -0.39 is 17.3 Å². The van der Waals surface area contributed by atoms with Gasteiger partial charge in [0.25, 0.3) is 11.6 Å². The largest absolute Gasteiger partial charge is 0.463 e. The molecule has 174 valence electrons. The summed E-state index contributed by atoms with van der Waals surface area (Å²) >= 11 is 0. The van der Waals surface area contributed by atoms with Crippen molar-refractivity contribution >= 4 is 34.4 Å². The number of furan rings is 1. The lowest BCUT2D eigenvalue weighted by atomic mass is 9.91. The minimum Gasteiger partial charge on any atom is -0.463 e. The Labute approximate surface area is 195 Å². The summed E-state index contributed by atoms with van der Waals surface area (Å²) in [6, 6.07) is 11.4. The predicted molar refractivity (Wildman–Crippen MR) is 123 cm³/mol. The number of ketones is 1. The second-order valence-corrected chi connectivity index (χ2v) is 8.73. The minimum absolute atomic E-state index is 0.121. The summed E-state index contributed by atoms with van der Waals surface area (Å²) in [5.74, 6) is -0.976. The smallest absolute Gasteiger partial charge is 0.340 e. The normalized spacial score (nSPS) is 11.4. The summed E-state index contributed by atoms with van der Waals surface area (Å²) in [5.41, 5.74) is 1.05. The van der Waals surface area contributed by atoms with Crippen molar-refractivity contribution < 1.29 is 28.1 Å². The quantitative estimate of drug-likeness (QED) is 0.405. The number of pyridine rings is 1. The van der Waals surface area contributed by atoms with Crippen molar-refractivity contribution in [1.29, 1.82) is 0 Å². The highest BCUT2D eigenvalue weighted by Gasteiger charge is 2.25. The summed E-state index contributed by atoms with van der Waals surface area (Å²) in [4.78, 5) is 42.5. The molecule has 0 aliphatic rings. The molecule has 4 rings (SSSR count). The molecule has 3 aromatic heterocycles. The van der Waals surface area contributed by atoms with E-state index in [9.17, 15) is 14.4 Å². The Morgan fingerprint density at radius 1 is 1.06 bits per heavy atom. The zero-order valence-electron chi connectivity index (χ0n) is 19.2. The molecule has 0 unspecified atom stereocenters. The molecule has 4 aromatic rings. The van der Waals surface area contributed by atoms with Crippen molar-refractivity contribution in [2.24, 2.45) is 5.41 Å². The summed E-state index contributed by atoms with van der Waals surface area (Å²) in [5, 5.41) is 7.12. The van der Waals surface area contributed by atoms with E-state index in [1.54, 1.807) is 64.1 Å².